The third kappa shape index (κ3) is 4.57. The molecule has 0 atom stereocenters. The first kappa shape index (κ1) is 19.6. The van der Waals surface area contributed by atoms with Crippen LogP contribution in [0.2, 0.25) is 0 Å². The highest BCUT2D eigenvalue weighted by Crippen LogP contribution is 2.21. The van der Waals surface area contributed by atoms with Gasteiger partial charge in [0.2, 0.25) is 5.91 Å². The molecule has 2 aromatic carbocycles. The number of aromatic nitrogens is 2. The van der Waals surface area contributed by atoms with Crippen LogP contribution in [0.1, 0.15) is 35.1 Å². The number of hydrogen-bond acceptors (Lipinski definition) is 4. The minimum atomic E-state index is -0.0319. The summed E-state index contributed by atoms with van der Waals surface area (Å²) in [6.45, 7) is 2.14. The zero-order valence-electron chi connectivity index (χ0n) is 16.5. The fourth-order valence-corrected chi connectivity index (χ4v) is 3.17. The van der Waals surface area contributed by atoms with Gasteiger partial charge in [-0.2, -0.15) is 0 Å². The highest BCUT2D eigenvalue weighted by atomic mass is 16.5. The molecule has 0 saturated heterocycles. The van der Waals surface area contributed by atoms with Gasteiger partial charge in [0.05, 0.1) is 24.6 Å². The number of H-pyrrole nitrogens is 1. The lowest BCUT2D eigenvalue weighted by Crippen LogP contribution is -2.29. The lowest BCUT2D eigenvalue weighted by Gasteiger charge is -2.18. The van der Waals surface area contributed by atoms with Crippen LogP contribution in [0.15, 0.2) is 42.5 Å². The van der Waals surface area contributed by atoms with Gasteiger partial charge in [-0.15, -0.1) is 0 Å². The standard InChI is InChI=1S/C22H25N3O3/c1-15(26)16-10-11-20(28-3)17(13-16)14-22(27)25(2)12-6-9-21-23-18-7-4-5-8-19(18)24-21/h4-5,7-8,10-11,13H,6,9,12,14H2,1-3H3,(H,23,24). The molecule has 6 heteroatoms. The van der Waals surface area contributed by atoms with Crippen molar-refractivity contribution < 1.29 is 14.3 Å². The van der Waals surface area contributed by atoms with Gasteiger partial charge in [-0.25, -0.2) is 4.98 Å². The van der Waals surface area contributed by atoms with Crippen molar-refractivity contribution in [1.82, 2.24) is 14.9 Å². The number of nitrogens with zero attached hydrogens (tertiary/aromatic N) is 2. The van der Waals surface area contributed by atoms with Crippen molar-refractivity contribution in [2.75, 3.05) is 20.7 Å². The first-order valence-corrected chi connectivity index (χ1v) is 9.33. The summed E-state index contributed by atoms with van der Waals surface area (Å²) in [4.78, 5) is 33.8. The van der Waals surface area contributed by atoms with E-state index >= 15 is 0 Å². The van der Waals surface area contributed by atoms with E-state index in [1.807, 2.05) is 24.3 Å². The molecule has 0 aliphatic carbocycles. The molecule has 0 spiro atoms. The average molecular weight is 379 g/mol. The van der Waals surface area contributed by atoms with Crippen molar-refractivity contribution >= 4 is 22.7 Å². The number of amides is 1. The molecule has 1 aromatic heterocycles. The number of methoxy groups -OCH3 is 1. The van der Waals surface area contributed by atoms with Crippen molar-refractivity contribution in [3.8, 4) is 5.75 Å². The maximum atomic E-state index is 12.6. The quantitative estimate of drug-likeness (QED) is 0.609. The summed E-state index contributed by atoms with van der Waals surface area (Å²) < 4.78 is 5.33. The van der Waals surface area contributed by atoms with Crippen LogP contribution in [0.3, 0.4) is 0 Å². The molecule has 3 aromatic rings. The van der Waals surface area contributed by atoms with Crippen LogP contribution in [0.5, 0.6) is 5.75 Å². The SMILES string of the molecule is COc1ccc(C(C)=O)cc1CC(=O)N(C)CCCc1nc2ccccc2[nH]1. The summed E-state index contributed by atoms with van der Waals surface area (Å²) in [5.74, 6) is 1.51. The van der Waals surface area contributed by atoms with Crippen molar-refractivity contribution in [2.45, 2.75) is 26.2 Å². The number of fused-ring (bicyclic) bond motifs is 1. The maximum Gasteiger partial charge on any atom is 0.226 e. The molecule has 6 nitrogen and oxygen atoms in total. The van der Waals surface area contributed by atoms with Crippen molar-refractivity contribution in [3.63, 3.8) is 0 Å². The zero-order chi connectivity index (χ0) is 20.1. The molecule has 0 aliphatic rings. The van der Waals surface area contributed by atoms with Crippen LogP contribution in [0.25, 0.3) is 11.0 Å². The Kier molecular flexibility index (Phi) is 6.09. The molecule has 3 rings (SSSR count). The Morgan fingerprint density at radius 2 is 1.96 bits per heavy atom. The number of ketones is 1. The van der Waals surface area contributed by atoms with E-state index in [-0.39, 0.29) is 18.1 Å². The maximum absolute atomic E-state index is 12.6. The predicted molar refractivity (Wildman–Crippen MR) is 109 cm³/mol. The van der Waals surface area contributed by atoms with E-state index in [0.29, 0.717) is 17.9 Å². The third-order valence-electron chi connectivity index (χ3n) is 4.80. The molecule has 0 radical (unpaired) electrons. The third-order valence-corrected chi connectivity index (χ3v) is 4.80. The molecule has 1 N–H and O–H groups in total. The van der Waals surface area contributed by atoms with Gasteiger partial charge < -0.3 is 14.6 Å². The molecule has 0 unspecified atom stereocenters. The van der Waals surface area contributed by atoms with Crippen LogP contribution in [0.4, 0.5) is 0 Å². The minimum absolute atomic E-state index is 0.0105. The fraction of sp³-hybridized carbons (Fsp3) is 0.318. The van der Waals surface area contributed by atoms with E-state index in [1.165, 1.54) is 6.92 Å². The molecule has 0 saturated carbocycles. The summed E-state index contributed by atoms with van der Waals surface area (Å²) in [6, 6.07) is 13.1. The van der Waals surface area contributed by atoms with Crippen LogP contribution >= 0.6 is 0 Å². The molecule has 0 aliphatic heterocycles. The van der Waals surface area contributed by atoms with E-state index in [2.05, 4.69) is 9.97 Å². The van der Waals surface area contributed by atoms with Crippen molar-refractivity contribution in [3.05, 3.63) is 59.4 Å². The minimum Gasteiger partial charge on any atom is -0.496 e. The number of nitrogens with one attached hydrogen (secondary N) is 1. The van der Waals surface area contributed by atoms with Crippen LogP contribution in [0, 0.1) is 0 Å². The average Bonchev–Trinajstić information content (AvgIpc) is 3.10. The zero-order valence-corrected chi connectivity index (χ0v) is 16.5. The number of ether oxygens (including phenoxy) is 1. The number of hydrogen-bond donors (Lipinski definition) is 1. The van der Waals surface area contributed by atoms with Gasteiger partial charge in [0, 0.05) is 31.1 Å². The van der Waals surface area contributed by atoms with Gasteiger partial charge >= 0.3 is 0 Å². The second-order valence-electron chi connectivity index (χ2n) is 6.88. The highest BCUT2D eigenvalue weighted by molar-refractivity contribution is 5.94. The number of carbonyl (C=O) groups is 2. The molecule has 146 valence electrons. The highest BCUT2D eigenvalue weighted by Gasteiger charge is 2.15. The number of aryl methyl sites for hydroxylation is 1. The number of rotatable bonds is 8. The van der Waals surface area contributed by atoms with E-state index in [1.54, 1.807) is 37.3 Å². The van der Waals surface area contributed by atoms with E-state index < -0.39 is 0 Å². The van der Waals surface area contributed by atoms with E-state index in [4.69, 9.17) is 4.74 Å². The number of para-hydroxylation sites is 2. The van der Waals surface area contributed by atoms with Gasteiger partial charge in [-0.1, -0.05) is 12.1 Å². The Hall–Kier alpha value is -3.15. The van der Waals surface area contributed by atoms with Crippen LogP contribution in [-0.2, 0) is 17.6 Å². The second kappa shape index (κ2) is 8.69. The lowest BCUT2D eigenvalue weighted by atomic mass is 10.0. The lowest BCUT2D eigenvalue weighted by molar-refractivity contribution is -0.129. The monoisotopic (exact) mass is 379 g/mol. The summed E-state index contributed by atoms with van der Waals surface area (Å²) in [5.41, 5.74) is 3.29. The summed E-state index contributed by atoms with van der Waals surface area (Å²) >= 11 is 0. The van der Waals surface area contributed by atoms with Crippen LogP contribution in [-0.4, -0.2) is 47.3 Å². The number of Topliss-reactive ketones (excluding diaryl/α,β-unsaturated/α-hetero) is 1. The summed E-state index contributed by atoms with van der Waals surface area (Å²) in [6.07, 6.45) is 1.79. The normalized spacial score (nSPS) is 10.8. The Labute approximate surface area is 164 Å². The van der Waals surface area contributed by atoms with Gasteiger partial charge in [-0.3, -0.25) is 9.59 Å². The molecular weight excluding hydrogens is 354 g/mol. The first-order chi connectivity index (χ1) is 13.5. The van der Waals surface area contributed by atoms with Crippen molar-refractivity contribution in [1.29, 1.82) is 0 Å². The Balaban J connectivity index is 1.57. The van der Waals surface area contributed by atoms with Gasteiger partial charge in [0.25, 0.3) is 0 Å². The topological polar surface area (TPSA) is 75.3 Å². The first-order valence-electron chi connectivity index (χ1n) is 9.33. The van der Waals surface area contributed by atoms with Crippen LogP contribution < -0.4 is 4.74 Å². The van der Waals surface area contributed by atoms with Gasteiger partial charge in [-0.05, 0) is 43.7 Å². The molecule has 1 heterocycles. The number of likely N-dealkylation sites (N-methyl/N-ethyl adjacent to an activating group) is 1. The predicted octanol–water partition coefficient (Wildman–Crippen LogP) is 3.41. The van der Waals surface area contributed by atoms with Crippen molar-refractivity contribution in [2.24, 2.45) is 0 Å². The Morgan fingerprint density at radius 3 is 2.68 bits per heavy atom. The molecule has 0 bridgehead atoms. The number of benzene rings is 2. The molecule has 1 amide bonds. The molecule has 28 heavy (non-hydrogen) atoms. The summed E-state index contributed by atoms with van der Waals surface area (Å²) in [7, 11) is 3.36. The largest absolute Gasteiger partial charge is 0.496 e. The molecule has 0 fully saturated rings. The second-order valence-corrected chi connectivity index (χ2v) is 6.88. The fourth-order valence-electron chi connectivity index (χ4n) is 3.17. The number of carbonyl (C=O) groups excluding carboxylic acids is 2. The van der Waals surface area contributed by atoms with Gasteiger partial charge in [0.15, 0.2) is 5.78 Å². The smallest absolute Gasteiger partial charge is 0.226 e. The van der Waals surface area contributed by atoms with Gasteiger partial charge in [0.1, 0.15) is 11.6 Å². The Morgan fingerprint density at radius 1 is 1.18 bits per heavy atom. The van der Waals surface area contributed by atoms with E-state index in [9.17, 15) is 9.59 Å². The number of aromatic amines is 1. The Bertz CT molecular complexity index is 961. The number of imidazole rings is 1. The summed E-state index contributed by atoms with van der Waals surface area (Å²) in [5, 5.41) is 0. The molecular formula is C22H25N3O3. The van der Waals surface area contributed by atoms with E-state index in [0.717, 1.165) is 35.3 Å².